The van der Waals surface area contributed by atoms with Gasteiger partial charge in [0.25, 0.3) is 0 Å². The van der Waals surface area contributed by atoms with Crippen molar-refractivity contribution in [2.75, 3.05) is 26.0 Å². The Hall–Kier alpha value is -2.82. The highest BCUT2D eigenvalue weighted by molar-refractivity contribution is 5.88. The van der Waals surface area contributed by atoms with Crippen LogP contribution in [0.25, 0.3) is 0 Å². The molecule has 2 rings (SSSR count). The zero-order chi connectivity index (χ0) is 18.1. The van der Waals surface area contributed by atoms with E-state index >= 15 is 0 Å². The lowest BCUT2D eigenvalue weighted by atomic mass is 10.1. The molecule has 0 saturated heterocycles. The van der Waals surface area contributed by atoms with Gasteiger partial charge in [-0.1, -0.05) is 42.5 Å². The molecule has 2 N–H and O–H groups in total. The Kier molecular flexibility index (Phi) is 7.01. The number of benzene rings is 2. The number of amides is 1. The third-order valence-corrected chi connectivity index (χ3v) is 3.81. The number of guanidine groups is 1. The molecule has 0 saturated carbocycles. The van der Waals surface area contributed by atoms with E-state index in [1.807, 2.05) is 49.5 Å². The summed E-state index contributed by atoms with van der Waals surface area (Å²) < 4.78 is 0. The number of nitrogens with one attached hydrogen (secondary N) is 2. The van der Waals surface area contributed by atoms with Gasteiger partial charge < -0.3 is 15.5 Å². The number of anilines is 1. The lowest BCUT2D eigenvalue weighted by Gasteiger charge is -2.22. The third-order valence-electron chi connectivity index (χ3n) is 3.81. The van der Waals surface area contributed by atoms with Gasteiger partial charge in [-0.05, 0) is 29.7 Å². The van der Waals surface area contributed by atoms with E-state index < -0.39 is 0 Å². The molecule has 0 unspecified atom stereocenters. The highest BCUT2D eigenvalue weighted by Crippen LogP contribution is 2.10. The van der Waals surface area contributed by atoms with Crippen molar-refractivity contribution in [3.05, 3.63) is 65.7 Å². The van der Waals surface area contributed by atoms with Gasteiger partial charge in [-0.15, -0.1) is 0 Å². The van der Waals surface area contributed by atoms with Crippen LogP contribution in [0.2, 0.25) is 0 Å². The Bertz CT molecular complexity index is 695. The molecule has 0 heterocycles. The first kappa shape index (κ1) is 18.5. The van der Waals surface area contributed by atoms with Crippen molar-refractivity contribution >= 4 is 17.6 Å². The van der Waals surface area contributed by atoms with Gasteiger partial charge in [0.15, 0.2) is 5.96 Å². The van der Waals surface area contributed by atoms with Crippen molar-refractivity contribution in [1.29, 1.82) is 0 Å². The number of aliphatic imine (C=N–C) groups is 1. The van der Waals surface area contributed by atoms with Gasteiger partial charge in [0.2, 0.25) is 5.91 Å². The summed E-state index contributed by atoms with van der Waals surface area (Å²) in [5, 5.41) is 6.16. The van der Waals surface area contributed by atoms with Crippen LogP contribution in [0.4, 0.5) is 5.69 Å². The van der Waals surface area contributed by atoms with Gasteiger partial charge in [0, 0.05) is 39.8 Å². The average molecular weight is 338 g/mol. The van der Waals surface area contributed by atoms with Crippen molar-refractivity contribution in [2.45, 2.75) is 19.9 Å². The summed E-state index contributed by atoms with van der Waals surface area (Å²) in [7, 11) is 3.83. The first-order valence-corrected chi connectivity index (χ1v) is 8.40. The molecule has 5 nitrogen and oxygen atoms in total. The minimum absolute atomic E-state index is 0.0559. The lowest BCUT2D eigenvalue weighted by Crippen LogP contribution is -2.39. The predicted octanol–water partition coefficient (Wildman–Crippen LogP) is 2.89. The summed E-state index contributed by atoms with van der Waals surface area (Å²) >= 11 is 0. The first-order valence-electron chi connectivity index (χ1n) is 8.40. The zero-order valence-electron chi connectivity index (χ0n) is 15.1. The van der Waals surface area contributed by atoms with Crippen LogP contribution in [0.1, 0.15) is 18.1 Å². The molecule has 0 aliphatic heterocycles. The quantitative estimate of drug-likeness (QED) is 0.629. The average Bonchev–Trinajstić information content (AvgIpc) is 2.60. The van der Waals surface area contributed by atoms with E-state index in [0.29, 0.717) is 0 Å². The molecular weight excluding hydrogens is 312 g/mol. The third kappa shape index (κ3) is 6.30. The summed E-state index contributed by atoms with van der Waals surface area (Å²) in [6.07, 6.45) is 0.887. The molecule has 132 valence electrons. The maximum Gasteiger partial charge on any atom is 0.221 e. The fraction of sp³-hybridized carbons (Fsp3) is 0.300. The molecule has 0 radical (unpaired) electrons. The van der Waals surface area contributed by atoms with Crippen molar-refractivity contribution in [3.8, 4) is 0 Å². The van der Waals surface area contributed by atoms with Crippen molar-refractivity contribution < 1.29 is 4.79 Å². The molecule has 0 atom stereocenters. The van der Waals surface area contributed by atoms with Crippen LogP contribution < -0.4 is 10.6 Å². The van der Waals surface area contributed by atoms with Crippen LogP contribution in [-0.2, 0) is 17.8 Å². The summed E-state index contributed by atoms with van der Waals surface area (Å²) in [6.45, 7) is 3.12. The summed E-state index contributed by atoms with van der Waals surface area (Å²) in [4.78, 5) is 17.5. The number of carbonyl (C=O) groups is 1. The van der Waals surface area contributed by atoms with Crippen molar-refractivity contribution in [2.24, 2.45) is 4.99 Å². The molecule has 5 heteroatoms. The Balaban J connectivity index is 1.81. The molecule has 25 heavy (non-hydrogen) atoms. The molecule has 0 aliphatic rings. The summed E-state index contributed by atoms with van der Waals surface area (Å²) in [5.41, 5.74) is 3.28. The van der Waals surface area contributed by atoms with E-state index in [1.54, 1.807) is 7.05 Å². The monoisotopic (exact) mass is 338 g/mol. The maximum absolute atomic E-state index is 11.0. The Labute approximate surface area is 149 Å². The van der Waals surface area contributed by atoms with Crippen LogP contribution in [0, 0.1) is 0 Å². The fourth-order valence-electron chi connectivity index (χ4n) is 2.59. The van der Waals surface area contributed by atoms with Crippen LogP contribution in [0.15, 0.2) is 59.6 Å². The standard InChI is InChI=1S/C20H26N4O/c1-16(25)23-19-11-9-17(10-12-19)13-14-22-20(21-2)24(3)15-18-7-5-4-6-8-18/h4-12H,13-15H2,1-3H3,(H,21,22)(H,23,25). The van der Waals surface area contributed by atoms with E-state index in [4.69, 9.17) is 0 Å². The van der Waals surface area contributed by atoms with E-state index in [0.717, 1.165) is 31.2 Å². The highest BCUT2D eigenvalue weighted by Gasteiger charge is 2.06. The van der Waals surface area contributed by atoms with Crippen molar-refractivity contribution in [1.82, 2.24) is 10.2 Å². The largest absolute Gasteiger partial charge is 0.356 e. The van der Waals surface area contributed by atoms with Crippen LogP contribution in [0.3, 0.4) is 0 Å². The molecule has 0 spiro atoms. The Morgan fingerprint density at radius 1 is 1.04 bits per heavy atom. The van der Waals surface area contributed by atoms with E-state index in [2.05, 4.69) is 32.7 Å². The van der Waals surface area contributed by atoms with Crippen LogP contribution in [0.5, 0.6) is 0 Å². The molecule has 2 aromatic rings. The first-order chi connectivity index (χ1) is 12.1. The zero-order valence-corrected chi connectivity index (χ0v) is 15.1. The normalized spacial score (nSPS) is 11.1. The number of nitrogens with zero attached hydrogens (tertiary/aromatic N) is 2. The maximum atomic E-state index is 11.0. The van der Waals surface area contributed by atoms with Crippen LogP contribution >= 0.6 is 0 Å². The number of hydrogen-bond donors (Lipinski definition) is 2. The molecule has 1 amide bonds. The number of carbonyl (C=O) groups excluding carboxylic acids is 1. The highest BCUT2D eigenvalue weighted by atomic mass is 16.1. The molecule has 2 aromatic carbocycles. The van der Waals surface area contributed by atoms with Gasteiger partial charge in [-0.3, -0.25) is 9.79 Å². The number of hydrogen-bond acceptors (Lipinski definition) is 2. The molecular formula is C20H26N4O. The second-order valence-electron chi connectivity index (χ2n) is 5.94. The summed E-state index contributed by atoms with van der Waals surface area (Å²) in [6, 6.07) is 18.2. The second-order valence-corrected chi connectivity index (χ2v) is 5.94. The van der Waals surface area contributed by atoms with E-state index in [9.17, 15) is 4.79 Å². The topological polar surface area (TPSA) is 56.7 Å². The van der Waals surface area contributed by atoms with E-state index in [1.165, 1.54) is 18.1 Å². The number of rotatable bonds is 6. The molecule has 0 aromatic heterocycles. The SMILES string of the molecule is CN=C(NCCc1ccc(NC(C)=O)cc1)N(C)Cc1ccccc1. The van der Waals surface area contributed by atoms with E-state index in [-0.39, 0.29) is 5.91 Å². The van der Waals surface area contributed by atoms with Gasteiger partial charge in [-0.2, -0.15) is 0 Å². The van der Waals surface area contributed by atoms with Gasteiger partial charge in [0.1, 0.15) is 0 Å². The minimum Gasteiger partial charge on any atom is -0.356 e. The van der Waals surface area contributed by atoms with Gasteiger partial charge >= 0.3 is 0 Å². The van der Waals surface area contributed by atoms with Gasteiger partial charge in [-0.25, -0.2) is 0 Å². The van der Waals surface area contributed by atoms with Gasteiger partial charge in [0.05, 0.1) is 0 Å². The summed E-state index contributed by atoms with van der Waals surface area (Å²) in [5.74, 6) is 0.818. The minimum atomic E-state index is -0.0559. The Morgan fingerprint density at radius 2 is 1.72 bits per heavy atom. The molecule has 0 fully saturated rings. The smallest absolute Gasteiger partial charge is 0.221 e. The fourth-order valence-corrected chi connectivity index (χ4v) is 2.59. The lowest BCUT2D eigenvalue weighted by molar-refractivity contribution is -0.114. The molecule has 0 bridgehead atoms. The Morgan fingerprint density at radius 3 is 2.32 bits per heavy atom. The molecule has 0 aliphatic carbocycles. The van der Waals surface area contributed by atoms with Crippen molar-refractivity contribution in [3.63, 3.8) is 0 Å². The van der Waals surface area contributed by atoms with Crippen LogP contribution in [-0.4, -0.2) is 37.4 Å². The predicted molar refractivity (Wildman–Crippen MR) is 104 cm³/mol. The second kappa shape index (κ2) is 9.47.